The summed E-state index contributed by atoms with van der Waals surface area (Å²) in [4.78, 5) is 11.2. The Balaban J connectivity index is 1.90. The van der Waals surface area contributed by atoms with E-state index >= 15 is 0 Å². The molecule has 0 unspecified atom stereocenters. The van der Waals surface area contributed by atoms with Gasteiger partial charge in [0.15, 0.2) is 0 Å². The van der Waals surface area contributed by atoms with Crippen molar-refractivity contribution in [2.24, 2.45) is 5.92 Å². The molecule has 1 aliphatic carbocycles. The van der Waals surface area contributed by atoms with Crippen LogP contribution in [0.4, 0.5) is 5.95 Å². The molecule has 3 rings (SSSR count). The Hall–Kier alpha value is -1.67. The van der Waals surface area contributed by atoms with Gasteiger partial charge in [-0.3, -0.25) is 0 Å². The first-order valence-electron chi connectivity index (χ1n) is 8.26. The number of nitriles is 1. The molecule has 0 spiro atoms. The first kappa shape index (κ1) is 15.2. The Labute approximate surface area is 132 Å². The van der Waals surface area contributed by atoms with Crippen molar-refractivity contribution in [2.45, 2.75) is 64.0 Å². The number of aromatic nitrogens is 2. The van der Waals surface area contributed by atoms with E-state index in [0.717, 1.165) is 44.3 Å². The van der Waals surface area contributed by atoms with Gasteiger partial charge >= 0.3 is 0 Å². The van der Waals surface area contributed by atoms with E-state index in [1.54, 1.807) is 6.07 Å². The molecule has 3 atom stereocenters. The molecule has 2 fully saturated rings. The molecule has 0 amide bonds. The summed E-state index contributed by atoms with van der Waals surface area (Å²) in [6.45, 7) is 4.78. The fraction of sp³-hybridized carbons (Fsp3) is 0.706. The van der Waals surface area contributed by atoms with Crippen molar-refractivity contribution in [1.29, 1.82) is 5.26 Å². The highest BCUT2D eigenvalue weighted by Gasteiger charge is 2.44. The Kier molecular flexibility index (Phi) is 4.05. The van der Waals surface area contributed by atoms with Crippen LogP contribution in [0.3, 0.4) is 0 Å². The van der Waals surface area contributed by atoms with E-state index < -0.39 is 5.60 Å². The molecule has 0 radical (unpaired) electrons. The van der Waals surface area contributed by atoms with Gasteiger partial charge in [-0.1, -0.05) is 12.8 Å². The summed E-state index contributed by atoms with van der Waals surface area (Å²) in [6.07, 6.45) is 6.39. The molecule has 118 valence electrons. The predicted molar refractivity (Wildman–Crippen MR) is 84.4 cm³/mol. The van der Waals surface area contributed by atoms with Gasteiger partial charge in [-0.05, 0) is 45.6 Å². The highest BCUT2D eigenvalue weighted by atomic mass is 16.3. The molecule has 1 aromatic heterocycles. The first-order valence-corrected chi connectivity index (χ1v) is 8.26. The highest BCUT2D eigenvalue weighted by molar-refractivity contribution is 5.39. The summed E-state index contributed by atoms with van der Waals surface area (Å²) >= 11 is 0. The summed E-state index contributed by atoms with van der Waals surface area (Å²) < 4.78 is 0. The molecule has 2 aliphatic rings. The number of anilines is 1. The molecular formula is C17H24N4O. The van der Waals surface area contributed by atoms with Crippen molar-refractivity contribution in [2.75, 3.05) is 11.4 Å². The SMILES string of the molecule is Cc1cc(C#N)nc(N2CCC[C@@H]2[C@H]2CCCC[C@]2(C)O)n1. The van der Waals surface area contributed by atoms with E-state index in [2.05, 4.69) is 20.9 Å². The average molecular weight is 300 g/mol. The lowest BCUT2D eigenvalue weighted by molar-refractivity contribution is -0.0411. The van der Waals surface area contributed by atoms with Gasteiger partial charge in [-0.15, -0.1) is 0 Å². The third-order valence-corrected chi connectivity index (χ3v) is 5.22. The molecule has 1 aliphatic heterocycles. The van der Waals surface area contributed by atoms with Crippen LogP contribution < -0.4 is 4.90 Å². The number of nitrogens with zero attached hydrogens (tertiary/aromatic N) is 4. The van der Waals surface area contributed by atoms with Crippen molar-refractivity contribution < 1.29 is 5.11 Å². The van der Waals surface area contributed by atoms with Crippen LogP contribution in [0.2, 0.25) is 0 Å². The van der Waals surface area contributed by atoms with Crippen molar-refractivity contribution >= 4 is 5.95 Å². The largest absolute Gasteiger partial charge is 0.390 e. The molecule has 1 saturated carbocycles. The van der Waals surface area contributed by atoms with E-state index in [1.807, 2.05) is 13.8 Å². The molecule has 5 nitrogen and oxygen atoms in total. The van der Waals surface area contributed by atoms with Crippen molar-refractivity contribution in [1.82, 2.24) is 9.97 Å². The second-order valence-electron chi connectivity index (χ2n) is 6.92. The zero-order chi connectivity index (χ0) is 15.7. The van der Waals surface area contributed by atoms with Crippen molar-refractivity contribution in [3.05, 3.63) is 17.5 Å². The third kappa shape index (κ3) is 2.80. The first-order chi connectivity index (χ1) is 10.5. The summed E-state index contributed by atoms with van der Waals surface area (Å²) in [5.41, 5.74) is 0.638. The van der Waals surface area contributed by atoms with Crippen LogP contribution in [-0.4, -0.2) is 33.3 Å². The normalized spacial score (nSPS) is 32.0. The van der Waals surface area contributed by atoms with Crippen LogP contribution in [-0.2, 0) is 0 Å². The van der Waals surface area contributed by atoms with Crippen LogP contribution in [0.25, 0.3) is 0 Å². The lowest BCUT2D eigenvalue weighted by atomic mass is 9.72. The van der Waals surface area contributed by atoms with E-state index in [0.29, 0.717) is 11.6 Å². The summed E-state index contributed by atoms with van der Waals surface area (Å²) in [5, 5.41) is 19.9. The second-order valence-corrected chi connectivity index (χ2v) is 6.92. The maximum Gasteiger partial charge on any atom is 0.227 e. The monoisotopic (exact) mass is 300 g/mol. The maximum absolute atomic E-state index is 10.8. The second kappa shape index (κ2) is 5.85. The smallest absolute Gasteiger partial charge is 0.227 e. The molecule has 5 heteroatoms. The highest BCUT2D eigenvalue weighted by Crippen LogP contribution is 2.41. The maximum atomic E-state index is 10.8. The zero-order valence-electron chi connectivity index (χ0n) is 13.4. The lowest BCUT2D eigenvalue weighted by Gasteiger charge is -2.43. The van der Waals surface area contributed by atoms with Crippen molar-refractivity contribution in [3.63, 3.8) is 0 Å². The molecule has 1 aromatic rings. The minimum absolute atomic E-state index is 0.262. The van der Waals surface area contributed by atoms with Gasteiger partial charge in [0.05, 0.1) is 5.60 Å². The van der Waals surface area contributed by atoms with Gasteiger partial charge in [-0.2, -0.15) is 5.26 Å². The predicted octanol–water partition coefficient (Wildman–Crippen LogP) is 2.57. The van der Waals surface area contributed by atoms with Crippen molar-refractivity contribution in [3.8, 4) is 6.07 Å². The zero-order valence-corrected chi connectivity index (χ0v) is 13.4. The van der Waals surface area contributed by atoms with Gasteiger partial charge in [-0.25, -0.2) is 9.97 Å². The minimum Gasteiger partial charge on any atom is -0.390 e. The van der Waals surface area contributed by atoms with Gasteiger partial charge < -0.3 is 10.0 Å². The fourth-order valence-electron chi connectivity index (χ4n) is 4.15. The number of rotatable bonds is 2. The summed E-state index contributed by atoms with van der Waals surface area (Å²) in [6, 6.07) is 4.11. The molecule has 0 bridgehead atoms. The van der Waals surface area contributed by atoms with E-state index in [4.69, 9.17) is 5.26 Å². The molecule has 2 heterocycles. The van der Waals surface area contributed by atoms with E-state index in [-0.39, 0.29) is 12.0 Å². The quantitative estimate of drug-likeness (QED) is 0.908. The Morgan fingerprint density at radius 1 is 1.32 bits per heavy atom. The van der Waals surface area contributed by atoms with Gasteiger partial charge in [0, 0.05) is 24.2 Å². The van der Waals surface area contributed by atoms with Crippen LogP contribution in [0.1, 0.15) is 56.8 Å². The Bertz CT molecular complexity index is 593. The number of aliphatic hydroxyl groups is 1. The van der Waals surface area contributed by atoms with Crippen LogP contribution in [0, 0.1) is 24.2 Å². The minimum atomic E-state index is -0.604. The third-order valence-electron chi connectivity index (χ3n) is 5.22. The standard InChI is InChI=1S/C17H24N4O/c1-12-10-13(11-18)20-16(19-12)21-9-5-7-15(21)14-6-3-4-8-17(14,2)22/h10,14-15,22H,3-9H2,1-2H3/t14-,15-,17+/m1/s1. The van der Waals surface area contributed by atoms with E-state index in [9.17, 15) is 5.11 Å². The molecule has 1 saturated heterocycles. The van der Waals surface area contributed by atoms with Crippen LogP contribution in [0.5, 0.6) is 0 Å². The Morgan fingerprint density at radius 3 is 2.86 bits per heavy atom. The Morgan fingerprint density at radius 2 is 2.14 bits per heavy atom. The number of hydrogen-bond donors (Lipinski definition) is 1. The van der Waals surface area contributed by atoms with Gasteiger partial charge in [0.1, 0.15) is 11.8 Å². The number of hydrogen-bond acceptors (Lipinski definition) is 5. The summed E-state index contributed by atoms with van der Waals surface area (Å²) in [5.74, 6) is 0.916. The van der Waals surface area contributed by atoms with Crippen LogP contribution >= 0.6 is 0 Å². The number of aryl methyl sites for hydroxylation is 1. The van der Waals surface area contributed by atoms with E-state index in [1.165, 1.54) is 6.42 Å². The topological polar surface area (TPSA) is 73.0 Å². The molecule has 22 heavy (non-hydrogen) atoms. The molecule has 0 aromatic carbocycles. The average Bonchev–Trinajstić information content (AvgIpc) is 2.95. The van der Waals surface area contributed by atoms with Gasteiger partial charge in [0.25, 0.3) is 0 Å². The molecular weight excluding hydrogens is 276 g/mol. The van der Waals surface area contributed by atoms with Crippen LogP contribution in [0.15, 0.2) is 6.07 Å². The fourth-order valence-corrected chi connectivity index (χ4v) is 4.15. The molecule has 1 N–H and O–H groups in total. The lowest BCUT2D eigenvalue weighted by Crippen LogP contribution is -2.49. The van der Waals surface area contributed by atoms with Gasteiger partial charge in [0.2, 0.25) is 5.95 Å². The summed E-state index contributed by atoms with van der Waals surface area (Å²) in [7, 11) is 0.